The lowest BCUT2D eigenvalue weighted by Gasteiger charge is -2.07. The number of hydrogen-bond donors (Lipinski definition) is 3. The third kappa shape index (κ3) is 3.20. The van der Waals surface area contributed by atoms with E-state index in [1.54, 1.807) is 0 Å². The fraction of sp³-hybridized carbons (Fsp3) is 0.500. The van der Waals surface area contributed by atoms with E-state index in [1.807, 2.05) is 0 Å². The number of nitrogens with two attached hydrogens (primary N) is 1. The number of carbonyl (C=O) groups is 1. The summed E-state index contributed by atoms with van der Waals surface area (Å²) >= 11 is 0. The van der Waals surface area contributed by atoms with Crippen LogP contribution in [0.1, 0.15) is 24.8 Å². The number of carboxylic acid groups (broad SMARTS) is 1. The van der Waals surface area contributed by atoms with Gasteiger partial charge in [-0.2, -0.15) is 4.98 Å². The third-order valence-electron chi connectivity index (χ3n) is 2.46. The van der Waals surface area contributed by atoms with Crippen molar-refractivity contribution < 1.29 is 15.0 Å². The summed E-state index contributed by atoms with van der Waals surface area (Å²) in [5.74, 6) is -1.31. The molecule has 1 aromatic rings. The van der Waals surface area contributed by atoms with E-state index in [1.165, 1.54) is 7.05 Å². The topological polar surface area (TPSA) is 118 Å². The van der Waals surface area contributed by atoms with E-state index in [9.17, 15) is 14.7 Å². The molecular formula is C10H15N3O4. The Balaban J connectivity index is 2.75. The van der Waals surface area contributed by atoms with Crippen molar-refractivity contribution in [2.75, 3.05) is 5.73 Å². The van der Waals surface area contributed by atoms with Crippen molar-refractivity contribution in [2.24, 2.45) is 7.05 Å². The van der Waals surface area contributed by atoms with Crippen molar-refractivity contribution >= 4 is 11.9 Å². The zero-order valence-electron chi connectivity index (χ0n) is 9.51. The molecule has 0 amide bonds. The Bertz CT molecular complexity index is 481. The molecule has 0 atom stereocenters. The van der Waals surface area contributed by atoms with Crippen LogP contribution < -0.4 is 11.3 Å². The Hall–Kier alpha value is -2.05. The predicted octanol–water partition coefficient (Wildman–Crippen LogP) is -0.135. The van der Waals surface area contributed by atoms with E-state index >= 15 is 0 Å². The Kier molecular flexibility index (Phi) is 4.08. The molecule has 0 bridgehead atoms. The molecule has 17 heavy (non-hydrogen) atoms. The summed E-state index contributed by atoms with van der Waals surface area (Å²) in [5, 5.41) is 17.9. The van der Waals surface area contributed by atoms with Crippen LogP contribution in [0, 0.1) is 0 Å². The lowest BCUT2D eigenvalue weighted by atomic mass is 10.1. The molecule has 0 fully saturated rings. The maximum Gasteiger partial charge on any atom is 0.303 e. The lowest BCUT2D eigenvalue weighted by molar-refractivity contribution is -0.137. The van der Waals surface area contributed by atoms with Crippen molar-refractivity contribution in [3.8, 4) is 5.88 Å². The van der Waals surface area contributed by atoms with Crippen LogP contribution in [-0.2, 0) is 18.3 Å². The molecule has 0 aliphatic rings. The molecule has 0 spiro atoms. The minimum atomic E-state index is -0.877. The quantitative estimate of drug-likeness (QED) is 0.618. The van der Waals surface area contributed by atoms with Gasteiger partial charge < -0.3 is 15.9 Å². The average Bonchev–Trinajstić information content (AvgIpc) is 2.24. The van der Waals surface area contributed by atoms with Crippen molar-refractivity contribution in [1.82, 2.24) is 9.55 Å². The molecule has 0 aliphatic heterocycles. The van der Waals surface area contributed by atoms with E-state index in [4.69, 9.17) is 10.8 Å². The Labute approximate surface area is 97.5 Å². The molecule has 0 saturated heterocycles. The van der Waals surface area contributed by atoms with Crippen molar-refractivity contribution in [2.45, 2.75) is 25.7 Å². The smallest absolute Gasteiger partial charge is 0.303 e. The van der Waals surface area contributed by atoms with Crippen LogP contribution in [0.4, 0.5) is 5.95 Å². The van der Waals surface area contributed by atoms with Gasteiger partial charge in [-0.05, 0) is 19.3 Å². The average molecular weight is 241 g/mol. The van der Waals surface area contributed by atoms with Crippen LogP contribution in [0.5, 0.6) is 5.88 Å². The number of aliphatic carboxylic acids is 1. The minimum Gasteiger partial charge on any atom is -0.493 e. The molecule has 0 aliphatic carbocycles. The fourth-order valence-corrected chi connectivity index (χ4v) is 1.45. The molecule has 1 heterocycles. The van der Waals surface area contributed by atoms with E-state index in [0.29, 0.717) is 19.3 Å². The molecule has 7 nitrogen and oxygen atoms in total. The zero-order chi connectivity index (χ0) is 13.0. The van der Waals surface area contributed by atoms with Gasteiger partial charge in [0.2, 0.25) is 11.8 Å². The normalized spacial score (nSPS) is 10.4. The Morgan fingerprint density at radius 2 is 2.12 bits per heavy atom. The first-order valence-electron chi connectivity index (χ1n) is 5.19. The van der Waals surface area contributed by atoms with Crippen LogP contribution in [-0.4, -0.2) is 25.7 Å². The van der Waals surface area contributed by atoms with Gasteiger partial charge in [0.05, 0.1) is 5.56 Å². The highest BCUT2D eigenvalue weighted by Crippen LogP contribution is 2.13. The molecule has 94 valence electrons. The zero-order valence-corrected chi connectivity index (χ0v) is 9.51. The number of nitrogens with zero attached hydrogens (tertiary/aromatic N) is 2. The fourth-order valence-electron chi connectivity index (χ4n) is 1.45. The first-order chi connectivity index (χ1) is 7.93. The summed E-state index contributed by atoms with van der Waals surface area (Å²) in [5.41, 5.74) is 5.17. The Morgan fingerprint density at radius 1 is 1.47 bits per heavy atom. The number of aromatic hydroxyl groups is 1. The standard InChI is InChI=1S/C10H15N3O4/c1-13-9(17)6(8(16)12-10(13)11)4-2-3-5-7(14)15/h16H,2-5H2,1H3,(H2,11,12)(H,14,15). The van der Waals surface area contributed by atoms with E-state index in [-0.39, 0.29) is 23.8 Å². The van der Waals surface area contributed by atoms with Crippen molar-refractivity contribution in [3.05, 3.63) is 15.9 Å². The minimum absolute atomic E-state index is 0.0451. The van der Waals surface area contributed by atoms with E-state index in [2.05, 4.69) is 4.98 Å². The molecular weight excluding hydrogens is 226 g/mol. The maximum atomic E-state index is 11.7. The molecule has 0 saturated carbocycles. The highest BCUT2D eigenvalue weighted by Gasteiger charge is 2.12. The summed E-state index contributed by atoms with van der Waals surface area (Å²) in [7, 11) is 1.46. The first kappa shape index (κ1) is 13.0. The largest absolute Gasteiger partial charge is 0.493 e. The number of rotatable bonds is 5. The second-order valence-corrected chi connectivity index (χ2v) is 3.74. The van der Waals surface area contributed by atoms with Gasteiger partial charge in [-0.1, -0.05) is 0 Å². The number of carboxylic acids is 1. The van der Waals surface area contributed by atoms with Gasteiger partial charge in [-0.15, -0.1) is 0 Å². The number of aromatic nitrogens is 2. The predicted molar refractivity (Wildman–Crippen MR) is 60.7 cm³/mol. The van der Waals surface area contributed by atoms with E-state index in [0.717, 1.165) is 4.57 Å². The van der Waals surface area contributed by atoms with E-state index < -0.39 is 11.5 Å². The number of unbranched alkanes of at least 4 members (excludes halogenated alkanes) is 1. The van der Waals surface area contributed by atoms with Gasteiger partial charge in [0.1, 0.15) is 0 Å². The summed E-state index contributed by atoms with van der Waals surface area (Å²) in [6.07, 6.45) is 1.28. The monoisotopic (exact) mass is 241 g/mol. The second-order valence-electron chi connectivity index (χ2n) is 3.74. The van der Waals surface area contributed by atoms with Gasteiger partial charge in [-0.3, -0.25) is 14.2 Å². The molecule has 7 heteroatoms. The highest BCUT2D eigenvalue weighted by atomic mass is 16.4. The van der Waals surface area contributed by atoms with Gasteiger partial charge >= 0.3 is 5.97 Å². The van der Waals surface area contributed by atoms with Crippen LogP contribution in [0.15, 0.2) is 4.79 Å². The van der Waals surface area contributed by atoms with Gasteiger partial charge in [0.15, 0.2) is 0 Å². The highest BCUT2D eigenvalue weighted by molar-refractivity contribution is 5.66. The van der Waals surface area contributed by atoms with Crippen LogP contribution >= 0.6 is 0 Å². The summed E-state index contributed by atoms with van der Waals surface area (Å²) in [6.45, 7) is 0. The van der Waals surface area contributed by atoms with Crippen LogP contribution in [0.2, 0.25) is 0 Å². The number of anilines is 1. The van der Waals surface area contributed by atoms with Crippen LogP contribution in [0.25, 0.3) is 0 Å². The van der Waals surface area contributed by atoms with Crippen molar-refractivity contribution in [3.63, 3.8) is 0 Å². The first-order valence-corrected chi connectivity index (χ1v) is 5.19. The Morgan fingerprint density at radius 3 is 2.71 bits per heavy atom. The molecule has 0 unspecified atom stereocenters. The van der Waals surface area contributed by atoms with Crippen molar-refractivity contribution in [1.29, 1.82) is 0 Å². The molecule has 4 N–H and O–H groups in total. The summed E-state index contributed by atoms with van der Waals surface area (Å²) in [6, 6.07) is 0. The SMILES string of the molecule is Cn1c(N)nc(O)c(CCCCC(=O)O)c1=O. The molecule has 0 aromatic carbocycles. The van der Waals surface area contributed by atoms with Gasteiger partial charge in [-0.25, -0.2) is 0 Å². The summed E-state index contributed by atoms with van der Waals surface area (Å²) < 4.78 is 1.15. The second kappa shape index (κ2) is 5.33. The number of hydrogen-bond acceptors (Lipinski definition) is 5. The molecule has 0 radical (unpaired) electrons. The molecule has 1 rings (SSSR count). The van der Waals surface area contributed by atoms with Gasteiger partial charge in [0, 0.05) is 13.5 Å². The third-order valence-corrected chi connectivity index (χ3v) is 2.46. The van der Waals surface area contributed by atoms with Crippen LogP contribution in [0.3, 0.4) is 0 Å². The number of nitrogen functional groups attached to an aromatic ring is 1. The molecule has 1 aromatic heterocycles. The van der Waals surface area contributed by atoms with Gasteiger partial charge in [0.25, 0.3) is 5.56 Å². The maximum absolute atomic E-state index is 11.7. The summed E-state index contributed by atoms with van der Waals surface area (Å²) in [4.78, 5) is 25.6. The lowest BCUT2D eigenvalue weighted by Crippen LogP contribution is -2.25.